The molecular weight excluding hydrogens is 352 g/mol. The van der Waals surface area contributed by atoms with Crippen LogP contribution in [0.4, 0.5) is 0 Å². The molecule has 1 aromatic carbocycles. The summed E-state index contributed by atoms with van der Waals surface area (Å²) in [5.74, 6) is -0.750. The molecule has 0 unspecified atom stereocenters. The van der Waals surface area contributed by atoms with Crippen LogP contribution in [-0.4, -0.2) is 43.7 Å². The van der Waals surface area contributed by atoms with Gasteiger partial charge in [0.25, 0.3) is 5.91 Å². The third-order valence-electron chi connectivity index (χ3n) is 4.67. The van der Waals surface area contributed by atoms with Gasteiger partial charge in [0, 0.05) is 19.6 Å². The van der Waals surface area contributed by atoms with Gasteiger partial charge in [-0.2, -0.15) is 0 Å². The summed E-state index contributed by atoms with van der Waals surface area (Å²) in [6.45, 7) is 0.595. The van der Waals surface area contributed by atoms with Crippen molar-refractivity contribution in [2.45, 2.75) is 31.6 Å². The minimum Gasteiger partial charge on any atom is -0.455 e. The van der Waals surface area contributed by atoms with Crippen molar-refractivity contribution in [2.75, 3.05) is 26.9 Å². The van der Waals surface area contributed by atoms with Crippen molar-refractivity contribution in [3.8, 4) is 0 Å². The summed E-state index contributed by atoms with van der Waals surface area (Å²) in [4.78, 5) is 29.0. The normalized spacial score (nSPS) is 20.0. The maximum atomic E-state index is 12.6. The van der Waals surface area contributed by atoms with Gasteiger partial charge in [-0.05, 0) is 25.0 Å². The Hall–Kier alpha value is -1.99. The molecule has 1 N–H and O–H groups in total. The number of carbonyl (C=O) groups is 2. The second-order valence-electron chi connectivity index (χ2n) is 6.47. The van der Waals surface area contributed by atoms with E-state index >= 15 is 0 Å². The minimum absolute atomic E-state index is 0.0743. The van der Waals surface area contributed by atoms with Gasteiger partial charge in [0.05, 0.1) is 27.7 Å². The van der Waals surface area contributed by atoms with Crippen LogP contribution in [0, 0.1) is 5.92 Å². The number of rotatable bonds is 7. The van der Waals surface area contributed by atoms with E-state index in [1.165, 1.54) is 0 Å². The summed E-state index contributed by atoms with van der Waals surface area (Å²) >= 11 is 1.65. The number of methoxy groups -OCH3 is 1. The molecule has 1 amide bonds. The molecule has 1 fully saturated rings. The van der Waals surface area contributed by atoms with E-state index in [2.05, 4.69) is 11.4 Å². The van der Waals surface area contributed by atoms with E-state index in [9.17, 15) is 9.59 Å². The van der Waals surface area contributed by atoms with E-state index in [0.29, 0.717) is 13.2 Å². The van der Waals surface area contributed by atoms with Gasteiger partial charge in [0.15, 0.2) is 6.61 Å². The average Bonchev–Trinajstić information content (AvgIpc) is 3.10. The fourth-order valence-electron chi connectivity index (χ4n) is 3.34. The SMILES string of the molecule is COCCNC(=O)COC(=O)[C@H]1CCCC[C@H]1c1nc2ccccc2s1. The summed E-state index contributed by atoms with van der Waals surface area (Å²) in [6, 6.07) is 8.02. The Labute approximate surface area is 156 Å². The van der Waals surface area contributed by atoms with Crippen LogP contribution >= 0.6 is 11.3 Å². The average molecular weight is 376 g/mol. The van der Waals surface area contributed by atoms with Gasteiger partial charge in [-0.15, -0.1) is 11.3 Å². The topological polar surface area (TPSA) is 77.5 Å². The molecule has 0 aliphatic heterocycles. The number of para-hydroxylation sites is 1. The Morgan fingerprint density at radius 1 is 1.27 bits per heavy atom. The lowest BCUT2D eigenvalue weighted by Gasteiger charge is -2.28. The van der Waals surface area contributed by atoms with Crippen molar-refractivity contribution in [1.82, 2.24) is 10.3 Å². The zero-order chi connectivity index (χ0) is 18.4. The molecule has 1 heterocycles. The van der Waals surface area contributed by atoms with E-state index in [4.69, 9.17) is 14.5 Å². The fraction of sp³-hybridized carbons (Fsp3) is 0.526. The lowest BCUT2D eigenvalue weighted by Crippen LogP contribution is -2.34. The zero-order valence-corrected chi connectivity index (χ0v) is 15.7. The van der Waals surface area contributed by atoms with Gasteiger partial charge in [-0.25, -0.2) is 4.98 Å². The Bertz CT molecular complexity index is 728. The third-order valence-corrected chi connectivity index (χ3v) is 5.84. The van der Waals surface area contributed by atoms with Gasteiger partial charge in [-0.3, -0.25) is 9.59 Å². The third kappa shape index (κ3) is 4.59. The molecule has 1 aromatic heterocycles. The molecule has 2 aromatic rings. The van der Waals surface area contributed by atoms with Gasteiger partial charge in [-0.1, -0.05) is 25.0 Å². The quantitative estimate of drug-likeness (QED) is 0.594. The molecule has 0 bridgehead atoms. The molecule has 26 heavy (non-hydrogen) atoms. The molecule has 0 radical (unpaired) electrons. The number of benzene rings is 1. The highest BCUT2D eigenvalue weighted by Gasteiger charge is 2.35. The van der Waals surface area contributed by atoms with Crippen LogP contribution in [0.15, 0.2) is 24.3 Å². The fourth-order valence-corrected chi connectivity index (χ4v) is 4.51. The molecule has 6 nitrogen and oxygen atoms in total. The first-order valence-corrected chi connectivity index (χ1v) is 9.78. The summed E-state index contributed by atoms with van der Waals surface area (Å²) in [6.07, 6.45) is 3.80. The summed E-state index contributed by atoms with van der Waals surface area (Å²) in [5.41, 5.74) is 0.975. The number of carbonyl (C=O) groups excluding carboxylic acids is 2. The first kappa shape index (κ1) is 18.8. The predicted molar refractivity (Wildman–Crippen MR) is 100 cm³/mol. The first-order valence-electron chi connectivity index (χ1n) is 8.97. The van der Waals surface area contributed by atoms with E-state index < -0.39 is 0 Å². The molecular formula is C19H24N2O4S. The maximum absolute atomic E-state index is 12.6. The monoisotopic (exact) mass is 376 g/mol. The standard InChI is InChI=1S/C19H24N2O4S/c1-24-11-10-20-17(22)12-25-19(23)14-7-3-2-6-13(14)18-21-15-8-4-5-9-16(15)26-18/h4-5,8-9,13-14H,2-3,6-7,10-12H2,1H3,(H,20,22)/t13-,14+/m1/s1. The number of fused-ring (bicyclic) bond motifs is 1. The number of amides is 1. The van der Waals surface area contributed by atoms with Crippen molar-refractivity contribution in [3.05, 3.63) is 29.3 Å². The number of nitrogens with zero attached hydrogens (tertiary/aromatic N) is 1. The second kappa shape index (κ2) is 9.09. The number of hydrogen-bond donors (Lipinski definition) is 1. The highest BCUT2D eigenvalue weighted by atomic mass is 32.1. The van der Waals surface area contributed by atoms with Crippen LogP contribution in [0.1, 0.15) is 36.6 Å². The van der Waals surface area contributed by atoms with E-state index in [0.717, 1.165) is 40.9 Å². The van der Waals surface area contributed by atoms with Gasteiger partial charge < -0.3 is 14.8 Å². The molecule has 1 saturated carbocycles. The van der Waals surface area contributed by atoms with Gasteiger partial charge in [0.1, 0.15) is 0 Å². The number of hydrogen-bond acceptors (Lipinski definition) is 6. The van der Waals surface area contributed by atoms with Crippen molar-refractivity contribution < 1.29 is 19.1 Å². The smallest absolute Gasteiger partial charge is 0.310 e. The minimum atomic E-state index is -0.303. The Morgan fingerprint density at radius 2 is 2.08 bits per heavy atom. The van der Waals surface area contributed by atoms with Gasteiger partial charge in [0.2, 0.25) is 0 Å². The molecule has 0 spiro atoms. The molecule has 0 saturated heterocycles. The van der Waals surface area contributed by atoms with Gasteiger partial charge >= 0.3 is 5.97 Å². The zero-order valence-electron chi connectivity index (χ0n) is 14.9. The Kier molecular flexibility index (Phi) is 6.57. The Balaban J connectivity index is 1.62. The van der Waals surface area contributed by atoms with E-state index in [-0.39, 0.29) is 30.3 Å². The van der Waals surface area contributed by atoms with Crippen LogP contribution in [-0.2, 0) is 19.1 Å². The van der Waals surface area contributed by atoms with E-state index in [1.807, 2.05) is 18.2 Å². The predicted octanol–water partition coefficient (Wildman–Crippen LogP) is 2.88. The lowest BCUT2D eigenvalue weighted by molar-refractivity contribution is -0.154. The van der Waals surface area contributed by atoms with Crippen molar-refractivity contribution >= 4 is 33.4 Å². The van der Waals surface area contributed by atoms with Crippen LogP contribution in [0.3, 0.4) is 0 Å². The van der Waals surface area contributed by atoms with Crippen LogP contribution in [0.25, 0.3) is 10.2 Å². The van der Waals surface area contributed by atoms with Crippen molar-refractivity contribution in [2.24, 2.45) is 5.92 Å². The molecule has 7 heteroatoms. The van der Waals surface area contributed by atoms with Crippen molar-refractivity contribution in [3.63, 3.8) is 0 Å². The molecule has 2 atom stereocenters. The summed E-state index contributed by atoms with van der Waals surface area (Å²) in [5, 5.41) is 3.65. The number of aromatic nitrogens is 1. The molecule has 1 aliphatic carbocycles. The van der Waals surface area contributed by atoms with Crippen LogP contribution in [0.5, 0.6) is 0 Å². The molecule has 140 valence electrons. The summed E-state index contributed by atoms with van der Waals surface area (Å²) in [7, 11) is 1.57. The first-order chi connectivity index (χ1) is 12.7. The highest BCUT2D eigenvalue weighted by molar-refractivity contribution is 7.18. The lowest BCUT2D eigenvalue weighted by atomic mass is 9.79. The highest BCUT2D eigenvalue weighted by Crippen LogP contribution is 2.41. The molecule has 3 rings (SSSR count). The van der Waals surface area contributed by atoms with Crippen LogP contribution < -0.4 is 5.32 Å². The second-order valence-corrected chi connectivity index (χ2v) is 7.53. The Morgan fingerprint density at radius 3 is 2.88 bits per heavy atom. The molecule has 1 aliphatic rings. The number of esters is 1. The van der Waals surface area contributed by atoms with E-state index in [1.54, 1.807) is 18.4 Å². The summed E-state index contributed by atoms with van der Waals surface area (Å²) < 4.78 is 11.3. The van der Waals surface area contributed by atoms with Crippen molar-refractivity contribution in [1.29, 1.82) is 0 Å². The number of nitrogens with one attached hydrogen (secondary N) is 1. The largest absolute Gasteiger partial charge is 0.455 e. The number of ether oxygens (including phenoxy) is 2. The van der Waals surface area contributed by atoms with Crippen LogP contribution in [0.2, 0.25) is 0 Å². The number of thiazole rings is 1. The maximum Gasteiger partial charge on any atom is 0.310 e.